The third kappa shape index (κ3) is 2.95. The number of carbonyl (C=O) groups is 1. The minimum Gasteiger partial charge on any atom is -0.442 e. The average Bonchev–Trinajstić information content (AvgIpc) is 3.21. The molecule has 8 heteroatoms. The number of esters is 1. The van der Waals surface area contributed by atoms with Crippen molar-refractivity contribution in [3.8, 4) is 0 Å². The molecule has 0 aliphatic rings. The molecular formula is C16H13N5O2S. The molecule has 0 aliphatic carbocycles. The van der Waals surface area contributed by atoms with Crippen molar-refractivity contribution in [2.75, 3.05) is 5.75 Å². The molecule has 0 bridgehead atoms. The van der Waals surface area contributed by atoms with Gasteiger partial charge < -0.3 is 9.72 Å². The van der Waals surface area contributed by atoms with Crippen LogP contribution in [0.3, 0.4) is 0 Å². The van der Waals surface area contributed by atoms with Crippen molar-refractivity contribution in [2.24, 2.45) is 0 Å². The summed E-state index contributed by atoms with van der Waals surface area (Å²) in [5, 5.41) is 8.69. The summed E-state index contributed by atoms with van der Waals surface area (Å²) in [6, 6.07) is 15.2. The molecule has 2 aromatic heterocycles. The number of H-pyrrole nitrogens is 1. The predicted molar refractivity (Wildman–Crippen MR) is 90.4 cm³/mol. The van der Waals surface area contributed by atoms with E-state index in [9.17, 15) is 4.79 Å². The van der Waals surface area contributed by atoms with E-state index in [2.05, 4.69) is 20.3 Å². The summed E-state index contributed by atoms with van der Waals surface area (Å²) in [6.07, 6.45) is 0. The molecule has 0 aliphatic heterocycles. The number of benzene rings is 2. The van der Waals surface area contributed by atoms with Gasteiger partial charge in [0.2, 0.25) is 0 Å². The first-order chi connectivity index (χ1) is 11.8. The lowest BCUT2D eigenvalue weighted by Gasteiger charge is -2.04. The Morgan fingerprint density at radius 3 is 2.79 bits per heavy atom. The number of hydrogen-bond donors (Lipinski definition) is 1. The van der Waals surface area contributed by atoms with Crippen LogP contribution in [0.4, 0.5) is 0 Å². The maximum Gasteiger partial charge on any atom is 0.318 e. The molecule has 0 spiro atoms. The number of ether oxygens (including phenoxy) is 1. The minimum absolute atomic E-state index is 0.0417. The van der Waals surface area contributed by atoms with Gasteiger partial charge in [-0.15, -0.1) is 5.10 Å². The third-order valence-electron chi connectivity index (χ3n) is 3.46. The Labute approximate surface area is 141 Å². The Morgan fingerprint density at radius 1 is 1.12 bits per heavy atom. The first kappa shape index (κ1) is 14.7. The molecule has 24 heavy (non-hydrogen) atoms. The number of hydrogen-bond acceptors (Lipinski definition) is 6. The lowest BCUT2D eigenvalue weighted by Crippen LogP contribution is -2.12. The zero-order valence-corrected chi connectivity index (χ0v) is 13.4. The van der Waals surface area contributed by atoms with E-state index in [1.807, 2.05) is 48.5 Å². The van der Waals surface area contributed by atoms with E-state index in [1.54, 1.807) is 4.68 Å². The van der Waals surface area contributed by atoms with Gasteiger partial charge in [0, 0.05) is 0 Å². The van der Waals surface area contributed by atoms with Crippen molar-refractivity contribution >= 4 is 39.8 Å². The van der Waals surface area contributed by atoms with Crippen LogP contribution in [0, 0.1) is 0 Å². The summed E-state index contributed by atoms with van der Waals surface area (Å²) in [4.78, 5) is 19.5. The van der Waals surface area contributed by atoms with Gasteiger partial charge in [-0.05, 0) is 24.3 Å². The first-order valence-electron chi connectivity index (χ1n) is 7.31. The van der Waals surface area contributed by atoms with E-state index in [-0.39, 0.29) is 18.5 Å². The fourth-order valence-corrected chi connectivity index (χ4v) is 3.00. The Hall–Kier alpha value is -2.87. The van der Waals surface area contributed by atoms with Crippen molar-refractivity contribution in [3.05, 3.63) is 48.5 Å². The number of para-hydroxylation sites is 3. The van der Waals surface area contributed by atoms with E-state index in [0.29, 0.717) is 5.16 Å². The van der Waals surface area contributed by atoms with Gasteiger partial charge in [0.05, 0.1) is 22.3 Å². The Kier molecular flexibility index (Phi) is 3.87. The van der Waals surface area contributed by atoms with Gasteiger partial charge in [0.15, 0.2) is 11.9 Å². The zero-order valence-electron chi connectivity index (χ0n) is 12.5. The zero-order chi connectivity index (χ0) is 16.4. The number of nitrogens with zero attached hydrogens (tertiary/aromatic N) is 4. The smallest absolute Gasteiger partial charge is 0.318 e. The van der Waals surface area contributed by atoms with Crippen LogP contribution in [-0.4, -0.2) is 36.7 Å². The Morgan fingerprint density at radius 2 is 1.92 bits per heavy atom. The Balaban J connectivity index is 1.35. The van der Waals surface area contributed by atoms with Gasteiger partial charge in [-0.3, -0.25) is 4.79 Å². The third-order valence-corrected chi connectivity index (χ3v) is 4.31. The number of imidazole rings is 1. The van der Waals surface area contributed by atoms with Crippen molar-refractivity contribution in [1.82, 2.24) is 25.0 Å². The lowest BCUT2D eigenvalue weighted by molar-refractivity contribution is -0.144. The van der Waals surface area contributed by atoms with Crippen LogP contribution in [0.5, 0.6) is 0 Å². The predicted octanol–water partition coefficient (Wildman–Crippen LogP) is 2.60. The summed E-state index contributed by atoms with van der Waals surface area (Å²) < 4.78 is 6.80. The summed E-state index contributed by atoms with van der Waals surface area (Å²) in [6.45, 7) is 0.0417. The first-order valence-corrected chi connectivity index (χ1v) is 8.29. The van der Waals surface area contributed by atoms with Crippen LogP contribution >= 0.6 is 11.8 Å². The second-order valence-electron chi connectivity index (χ2n) is 5.07. The standard InChI is InChI=1S/C16H13N5O2S/c22-15(9-24-16-17-11-5-1-2-6-12(11)18-16)23-10-21-14-8-4-3-7-13(14)19-20-21/h1-8H,9-10H2,(H,17,18). The van der Waals surface area contributed by atoms with E-state index in [0.717, 1.165) is 22.1 Å². The molecule has 120 valence electrons. The molecule has 4 aromatic rings. The van der Waals surface area contributed by atoms with E-state index < -0.39 is 0 Å². The fraction of sp³-hybridized carbons (Fsp3) is 0.125. The maximum absolute atomic E-state index is 11.9. The van der Waals surface area contributed by atoms with Crippen LogP contribution in [0.25, 0.3) is 22.1 Å². The highest BCUT2D eigenvalue weighted by Crippen LogP contribution is 2.19. The van der Waals surface area contributed by atoms with Crippen LogP contribution in [0.15, 0.2) is 53.7 Å². The second-order valence-corrected chi connectivity index (χ2v) is 6.03. The SMILES string of the molecule is O=C(CSc1nc2ccccc2[nH]1)OCn1nnc2ccccc21. The van der Waals surface area contributed by atoms with Gasteiger partial charge in [-0.1, -0.05) is 41.2 Å². The van der Waals surface area contributed by atoms with Gasteiger partial charge in [-0.2, -0.15) is 0 Å². The molecule has 2 heterocycles. The van der Waals surface area contributed by atoms with Gasteiger partial charge in [0.25, 0.3) is 0 Å². The molecule has 0 atom stereocenters. The average molecular weight is 339 g/mol. The molecule has 4 rings (SSSR count). The van der Waals surface area contributed by atoms with Crippen LogP contribution < -0.4 is 0 Å². The highest BCUT2D eigenvalue weighted by atomic mass is 32.2. The molecule has 0 saturated heterocycles. The quantitative estimate of drug-likeness (QED) is 0.444. The lowest BCUT2D eigenvalue weighted by atomic mass is 10.3. The molecule has 2 aromatic carbocycles. The van der Waals surface area contributed by atoms with Crippen molar-refractivity contribution in [2.45, 2.75) is 11.9 Å². The molecule has 1 N–H and O–H groups in total. The van der Waals surface area contributed by atoms with Crippen LogP contribution in [0.2, 0.25) is 0 Å². The molecule has 0 radical (unpaired) electrons. The van der Waals surface area contributed by atoms with E-state index in [1.165, 1.54) is 11.8 Å². The number of fused-ring (bicyclic) bond motifs is 2. The van der Waals surface area contributed by atoms with E-state index in [4.69, 9.17) is 4.74 Å². The fourth-order valence-electron chi connectivity index (χ4n) is 2.31. The highest BCUT2D eigenvalue weighted by Gasteiger charge is 2.10. The monoisotopic (exact) mass is 339 g/mol. The highest BCUT2D eigenvalue weighted by molar-refractivity contribution is 7.99. The Bertz CT molecular complexity index is 977. The van der Waals surface area contributed by atoms with Crippen LogP contribution in [-0.2, 0) is 16.3 Å². The second kappa shape index (κ2) is 6.32. The molecule has 0 fully saturated rings. The largest absolute Gasteiger partial charge is 0.442 e. The summed E-state index contributed by atoms with van der Waals surface area (Å²) in [7, 11) is 0. The normalized spacial score (nSPS) is 11.2. The van der Waals surface area contributed by atoms with Gasteiger partial charge >= 0.3 is 5.97 Å². The van der Waals surface area contributed by atoms with Gasteiger partial charge in [0.1, 0.15) is 5.52 Å². The number of thioether (sulfide) groups is 1. The summed E-state index contributed by atoms with van der Waals surface area (Å²) in [5.74, 6) is -0.160. The minimum atomic E-state index is -0.333. The van der Waals surface area contributed by atoms with Crippen molar-refractivity contribution in [3.63, 3.8) is 0 Å². The molecular weight excluding hydrogens is 326 g/mol. The van der Waals surface area contributed by atoms with Crippen molar-refractivity contribution < 1.29 is 9.53 Å². The summed E-state index contributed by atoms with van der Waals surface area (Å²) >= 11 is 1.31. The number of aromatic nitrogens is 5. The van der Waals surface area contributed by atoms with Crippen LogP contribution in [0.1, 0.15) is 0 Å². The number of nitrogens with one attached hydrogen (secondary N) is 1. The number of rotatable bonds is 5. The summed E-state index contributed by atoms with van der Waals surface area (Å²) in [5.41, 5.74) is 3.42. The molecule has 0 amide bonds. The molecule has 0 unspecified atom stereocenters. The maximum atomic E-state index is 11.9. The van der Waals surface area contributed by atoms with Crippen molar-refractivity contribution in [1.29, 1.82) is 0 Å². The molecule has 7 nitrogen and oxygen atoms in total. The molecule has 0 saturated carbocycles. The topological polar surface area (TPSA) is 85.7 Å². The van der Waals surface area contributed by atoms with Gasteiger partial charge in [-0.25, -0.2) is 9.67 Å². The van der Waals surface area contributed by atoms with E-state index >= 15 is 0 Å². The number of carbonyl (C=O) groups excluding carboxylic acids is 1. The number of aromatic amines is 1.